The van der Waals surface area contributed by atoms with Gasteiger partial charge in [-0.05, 0) is 35.9 Å². The van der Waals surface area contributed by atoms with E-state index in [9.17, 15) is 10.2 Å². The monoisotopic (exact) mass is 364 g/mol. The molecule has 0 aliphatic carbocycles. The lowest BCUT2D eigenvalue weighted by molar-refractivity contribution is 0.122. The summed E-state index contributed by atoms with van der Waals surface area (Å²) in [7, 11) is 0. The summed E-state index contributed by atoms with van der Waals surface area (Å²) < 4.78 is 11.4. The van der Waals surface area contributed by atoms with Gasteiger partial charge >= 0.3 is 0 Å². The molecular formula is C21H20N2O4. The van der Waals surface area contributed by atoms with Crippen LogP contribution in [0.2, 0.25) is 0 Å². The Kier molecular flexibility index (Phi) is 4.80. The van der Waals surface area contributed by atoms with Crippen LogP contribution in [-0.2, 0) is 4.74 Å². The first-order chi connectivity index (χ1) is 13.2. The van der Waals surface area contributed by atoms with Crippen LogP contribution in [0.3, 0.4) is 0 Å². The Labute approximate surface area is 157 Å². The molecule has 2 aromatic carbocycles. The average molecular weight is 364 g/mol. The molecule has 0 unspecified atom stereocenters. The Hall–Kier alpha value is -3.25. The van der Waals surface area contributed by atoms with E-state index in [1.807, 2.05) is 30.3 Å². The van der Waals surface area contributed by atoms with E-state index < -0.39 is 0 Å². The summed E-state index contributed by atoms with van der Waals surface area (Å²) in [5.74, 6) is 0.933. The summed E-state index contributed by atoms with van der Waals surface area (Å²) in [6.07, 6.45) is 1.68. The Bertz CT molecular complexity index is 922. The molecule has 0 saturated carbocycles. The molecule has 2 heterocycles. The minimum absolute atomic E-state index is 0.147. The number of phenols is 2. The predicted molar refractivity (Wildman–Crippen MR) is 103 cm³/mol. The first-order valence-corrected chi connectivity index (χ1v) is 8.79. The fourth-order valence-corrected chi connectivity index (χ4v) is 3.04. The molecule has 6 heteroatoms. The van der Waals surface area contributed by atoms with Crippen LogP contribution >= 0.6 is 0 Å². The number of rotatable bonds is 4. The van der Waals surface area contributed by atoms with Crippen molar-refractivity contribution in [3.63, 3.8) is 0 Å². The van der Waals surface area contributed by atoms with Crippen molar-refractivity contribution in [2.45, 2.75) is 0 Å². The fourth-order valence-electron chi connectivity index (χ4n) is 3.04. The lowest BCUT2D eigenvalue weighted by atomic mass is 10.1. The number of ether oxygens (including phenoxy) is 2. The maximum absolute atomic E-state index is 9.66. The minimum atomic E-state index is -0.160. The van der Waals surface area contributed by atoms with Gasteiger partial charge in [0, 0.05) is 30.9 Å². The van der Waals surface area contributed by atoms with Crippen LogP contribution < -0.4 is 9.64 Å². The summed E-state index contributed by atoms with van der Waals surface area (Å²) in [4.78, 5) is 6.62. The molecule has 3 aromatic rings. The third kappa shape index (κ3) is 3.80. The third-order valence-corrected chi connectivity index (χ3v) is 4.48. The molecule has 0 spiro atoms. The van der Waals surface area contributed by atoms with Gasteiger partial charge in [-0.25, -0.2) is 4.98 Å². The van der Waals surface area contributed by atoms with Crippen molar-refractivity contribution >= 4 is 5.69 Å². The molecule has 2 N–H and O–H groups in total. The van der Waals surface area contributed by atoms with Crippen LogP contribution in [0.15, 0.2) is 60.8 Å². The van der Waals surface area contributed by atoms with Gasteiger partial charge in [-0.3, -0.25) is 0 Å². The zero-order valence-electron chi connectivity index (χ0n) is 14.7. The Morgan fingerprint density at radius 1 is 0.889 bits per heavy atom. The molecule has 1 fully saturated rings. The smallest absolute Gasteiger partial charge is 0.219 e. The van der Waals surface area contributed by atoms with Gasteiger partial charge < -0.3 is 24.6 Å². The van der Waals surface area contributed by atoms with Gasteiger partial charge in [-0.2, -0.15) is 0 Å². The number of aromatic nitrogens is 1. The molecule has 4 rings (SSSR count). The molecule has 1 aliphatic rings. The van der Waals surface area contributed by atoms with E-state index in [-0.39, 0.29) is 11.5 Å². The second-order valence-corrected chi connectivity index (χ2v) is 6.26. The van der Waals surface area contributed by atoms with Gasteiger partial charge in [0.2, 0.25) is 5.88 Å². The molecular weight excluding hydrogens is 344 g/mol. The van der Waals surface area contributed by atoms with Crippen molar-refractivity contribution in [3.05, 3.63) is 60.8 Å². The third-order valence-electron chi connectivity index (χ3n) is 4.48. The first kappa shape index (κ1) is 17.2. The topological polar surface area (TPSA) is 75.1 Å². The van der Waals surface area contributed by atoms with E-state index in [4.69, 9.17) is 9.47 Å². The van der Waals surface area contributed by atoms with Gasteiger partial charge in [0.25, 0.3) is 0 Å². The zero-order chi connectivity index (χ0) is 18.6. The summed E-state index contributed by atoms with van der Waals surface area (Å²) in [5, 5.41) is 19.1. The van der Waals surface area contributed by atoms with E-state index in [0.29, 0.717) is 19.1 Å². The quantitative estimate of drug-likeness (QED) is 0.686. The van der Waals surface area contributed by atoms with Crippen molar-refractivity contribution in [3.8, 4) is 34.3 Å². The second kappa shape index (κ2) is 7.55. The van der Waals surface area contributed by atoms with E-state index in [0.717, 1.165) is 35.7 Å². The molecule has 1 aliphatic heterocycles. The van der Waals surface area contributed by atoms with Crippen LogP contribution in [0.5, 0.6) is 23.1 Å². The number of nitrogens with zero attached hydrogens (tertiary/aromatic N) is 2. The molecule has 0 amide bonds. The summed E-state index contributed by atoms with van der Waals surface area (Å²) in [6.45, 7) is 3.08. The summed E-state index contributed by atoms with van der Waals surface area (Å²) in [5.41, 5.74) is 2.60. The van der Waals surface area contributed by atoms with E-state index >= 15 is 0 Å². The molecule has 1 saturated heterocycles. The second-order valence-electron chi connectivity index (χ2n) is 6.26. The Balaban J connectivity index is 1.54. The number of benzene rings is 2. The number of hydrogen-bond acceptors (Lipinski definition) is 6. The zero-order valence-corrected chi connectivity index (χ0v) is 14.7. The van der Waals surface area contributed by atoms with E-state index in [1.165, 1.54) is 12.1 Å². The molecule has 0 atom stereocenters. The van der Waals surface area contributed by atoms with Crippen LogP contribution in [-0.4, -0.2) is 41.5 Å². The number of aromatic hydroxyl groups is 2. The van der Waals surface area contributed by atoms with Crippen LogP contribution in [0.4, 0.5) is 5.69 Å². The maximum atomic E-state index is 9.66. The summed E-state index contributed by atoms with van der Waals surface area (Å²) in [6, 6.07) is 16.2. The number of morpholine rings is 1. The average Bonchev–Trinajstić information content (AvgIpc) is 2.72. The molecule has 27 heavy (non-hydrogen) atoms. The highest BCUT2D eigenvalue weighted by Crippen LogP contribution is 2.33. The van der Waals surface area contributed by atoms with Crippen molar-refractivity contribution in [2.75, 3.05) is 31.2 Å². The normalized spacial score (nSPS) is 14.1. The fraction of sp³-hybridized carbons (Fsp3) is 0.190. The van der Waals surface area contributed by atoms with Gasteiger partial charge in [0.1, 0.15) is 0 Å². The highest BCUT2D eigenvalue weighted by Gasteiger charge is 2.16. The van der Waals surface area contributed by atoms with Crippen molar-refractivity contribution in [1.29, 1.82) is 0 Å². The summed E-state index contributed by atoms with van der Waals surface area (Å²) >= 11 is 0. The highest BCUT2D eigenvalue weighted by molar-refractivity contribution is 5.66. The highest BCUT2D eigenvalue weighted by atomic mass is 16.5. The number of para-hydroxylation sites is 2. The molecule has 138 valence electrons. The number of pyridine rings is 1. The lowest BCUT2D eigenvalue weighted by Gasteiger charge is -2.30. The van der Waals surface area contributed by atoms with Gasteiger partial charge in [-0.1, -0.05) is 18.2 Å². The molecule has 6 nitrogen and oxygen atoms in total. The largest absolute Gasteiger partial charge is 0.504 e. The molecule has 1 aromatic heterocycles. The van der Waals surface area contributed by atoms with Gasteiger partial charge in [0.05, 0.1) is 18.9 Å². The Morgan fingerprint density at radius 3 is 2.41 bits per heavy atom. The molecule has 0 radical (unpaired) electrons. The van der Waals surface area contributed by atoms with Gasteiger partial charge in [0.15, 0.2) is 17.2 Å². The maximum Gasteiger partial charge on any atom is 0.219 e. The lowest BCUT2D eigenvalue weighted by Crippen LogP contribution is -2.36. The number of anilines is 1. The van der Waals surface area contributed by atoms with Crippen molar-refractivity contribution in [2.24, 2.45) is 0 Å². The standard InChI is InChI=1S/C21H20N2O4/c24-18-7-5-15(13-19(18)25)16-6-8-21(22-14-16)27-20-4-2-1-3-17(20)23-9-11-26-12-10-23/h1-8,13-14,24-25H,9-12H2. The van der Waals surface area contributed by atoms with Crippen LogP contribution in [0, 0.1) is 0 Å². The molecule has 0 bridgehead atoms. The van der Waals surface area contributed by atoms with Crippen LogP contribution in [0.1, 0.15) is 0 Å². The van der Waals surface area contributed by atoms with Crippen molar-refractivity contribution < 1.29 is 19.7 Å². The Morgan fingerprint density at radius 2 is 1.67 bits per heavy atom. The number of hydrogen-bond donors (Lipinski definition) is 2. The van der Waals surface area contributed by atoms with Crippen LogP contribution in [0.25, 0.3) is 11.1 Å². The van der Waals surface area contributed by atoms with E-state index in [2.05, 4.69) is 9.88 Å². The first-order valence-electron chi connectivity index (χ1n) is 8.79. The minimum Gasteiger partial charge on any atom is -0.504 e. The van der Waals surface area contributed by atoms with Gasteiger partial charge in [-0.15, -0.1) is 0 Å². The predicted octanol–water partition coefficient (Wildman–Crippen LogP) is 3.79. The number of phenolic OH excluding ortho intramolecular Hbond substituents is 2. The SMILES string of the molecule is Oc1ccc(-c2ccc(Oc3ccccc3N3CCOCC3)nc2)cc1O. The van der Waals surface area contributed by atoms with Crippen molar-refractivity contribution in [1.82, 2.24) is 4.98 Å². The van der Waals surface area contributed by atoms with E-state index in [1.54, 1.807) is 18.3 Å².